The number of halogens is 2. The molecule has 26 heavy (non-hydrogen) atoms. The van der Waals surface area contributed by atoms with Crippen LogP contribution < -0.4 is 10.2 Å². The fraction of sp³-hybridized carbons (Fsp3) is 0.167. The third-order valence-electron chi connectivity index (χ3n) is 4.26. The van der Waals surface area contributed by atoms with Crippen molar-refractivity contribution in [2.45, 2.75) is 12.8 Å². The maximum Gasteiger partial charge on any atom is 0.273 e. The molecule has 0 unspecified atom stereocenters. The molecule has 1 saturated heterocycles. The molecule has 1 aliphatic heterocycles. The summed E-state index contributed by atoms with van der Waals surface area (Å²) < 4.78 is 27.0. The van der Waals surface area contributed by atoms with Crippen LogP contribution in [-0.4, -0.2) is 28.3 Å². The van der Waals surface area contributed by atoms with E-state index in [9.17, 15) is 18.4 Å². The number of carbonyl (C=O) groups is 2. The number of hydrogen-bond donors (Lipinski definition) is 2. The Morgan fingerprint density at radius 3 is 2.77 bits per heavy atom. The Hall–Kier alpha value is -3.29. The Bertz CT molecular complexity index is 1010. The fourth-order valence-corrected chi connectivity index (χ4v) is 3.01. The zero-order valence-corrected chi connectivity index (χ0v) is 13.6. The Morgan fingerprint density at radius 1 is 1.23 bits per heavy atom. The lowest BCUT2D eigenvalue weighted by Crippen LogP contribution is -2.23. The van der Waals surface area contributed by atoms with Gasteiger partial charge >= 0.3 is 0 Å². The van der Waals surface area contributed by atoms with Crippen molar-refractivity contribution in [3.8, 4) is 0 Å². The van der Waals surface area contributed by atoms with E-state index in [1.165, 1.54) is 12.3 Å². The minimum Gasteiger partial charge on any atom is -0.348 e. The van der Waals surface area contributed by atoms with Gasteiger partial charge in [0.05, 0.1) is 17.4 Å². The zero-order valence-electron chi connectivity index (χ0n) is 13.6. The first kappa shape index (κ1) is 16.2. The maximum absolute atomic E-state index is 13.7. The van der Waals surface area contributed by atoms with E-state index in [0.717, 1.165) is 18.6 Å². The average Bonchev–Trinajstić information content (AvgIpc) is 3.22. The normalized spacial score (nSPS) is 14.2. The first-order chi connectivity index (χ1) is 12.5. The smallest absolute Gasteiger partial charge is 0.273 e. The lowest BCUT2D eigenvalue weighted by Gasteiger charge is -2.15. The molecule has 3 aromatic rings. The zero-order chi connectivity index (χ0) is 18.3. The second-order valence-corrected chi connectivity index (χ2v) is 6.04. The molecule has 0 bridgehead atoms. The van der Waals surface area contributed by atoms with E-state index in [2.05, 4.69) is 15.3 Å². The molecule has 0 atom stereocenters. The van der Waals surface area contributed by atoms with E-state index >= 15 is 0 Å². The molecular weight excluding hydrogens is 342 g/mol. The summed E-state index contributed by atoms with van der Waals surface area (Å²) in [6.45, 7) is 0.656. The number of anilines is 2. The van der Waals surface area contributed by atoms with E-state index in [1.54, 1.807) is 17.0 Å². The molecule has 1 aliphatic rings. The van der Waals surface area contributed by atoms with Gasteiger partial charge in [0.25, 0.3) is 5.91 Å². The van der Waals surface area contributed by atoms with E-state index in [-0.39, 0.29) is 28.3 Å². The highest BCUT2D eigenvalue weighted by Gasteiger charge is 2.22. The predicted molar refractivity (Wildman–Crippen MR) is 92.0 cm³/mol. The van der Waals surface area contributed by atoms with Crippen LogP contribution in [0.15, 0.2) is 36.5 Å². The first-order valence-corrected chi connectivity index (χ1v) is 8.07. The monoisotopic (exact) mass is 356 g/mol. The van der Waals surface area contributed by atoms with Gasteiger partial charge < -0.3 is 15.2 Å². The van der Waals surface area contributed by atoms with Gasteiger partial charge in [0.1, 0.15) is 23.1 Å². The number of pyridine rings is 1. The number of aromatic amines is 1. The lowest BCUT2D eigenvalue weighted by molar-refractivity contribution is -0.117. The number of H-pyrrole nitrogens is 1. The molecule has 0 spiro atoms. The Kier molecular flexibility index (Phi) is 3.87. The molecule has 0 aliphatic carbocycles. The highest BCUT2D eigenvalue weighted by Crippen LogP contribution is 2.23. The number of carbonyl (C=O) groups excluding carboxylic acids is 2. The molecule has 2 amide bonds. The quantitative estimate of drug-likeness (QED) is 0.756. The van der Waals surface area contributed by atoms with Crippen LogP contribution in [-0.2, 0) is 4.79 Å². The van der Waals surface area contributed by atoms with Crippen molar-refractivity contribution in [2.75, 3.05) is 16.8 Å². The number of benzene rings is 1. The minimum atomic E-state index is -0.767. The van der Waals surface area contributed by atoms with Gasteiger partial charge in [-0.15, -0.1) is 0 Å². The average molecular weight is 356 g/mol. The number of rotatable bonds is 3. The van der Waals surface area contributed by atoms with Crippen LogP contribution in [0.2, 0.25) is 0 Å². The van der Waals surface area contributed by atoms with Crippen LogP contribution in [0.3, 0.4) is 0 Å². The van der Waals surface area contributed by atoms with E-state index in [4.69, 9.17) is 0 Å². The van der Waals surface area contributed by atoms with Gasteiger partial charge in [0, 0.05) is 24.4 Å². The molecule has 1 fully saturated rings. The van der Waals surface area contributed by atoms with Crippen LogP contribution in [0.1, 0.15) is 23.3 Å². The molecule has 2 N–H and O–H groups in total. The van der Waals surface area contributed by atoms with Crippen LogP contribution in [0.4, 0.5) is 20.3 Å². The third-order valence-corrected chi connectivity index (χ3v) is 4.26. The first-order valence-electron chi connectivity index (χ1n) is 8.07. The Balaban J connectivity index is 1.53. The lowest BCUT2D eigenvalue weighted by atomic mass is 10.2. The van der Waals surface area contributed by atoms with Gasteiger partial charge in [0.2, 0.25) is 5.91 Å². The van der Waals surface area contributed by atoms with Crippen molar-refractivity contribution >= 4 is 34.2 Å². The van der Waals surface area contributed by atoms with E-state index in [0.29, 0.717) is 18.7 Å². The molecular formula is C18H14F2N4O2. The summed E-state index contributed by atoms with van der Waals surface area (Å²) in [5.41, 5.74) is 0.825. The van der Waals surface area contributed by atoms with Gasteiger partial charge in [-0.25, -0.2) is 13.8 Å². The third kappa shape index (κ3) is 2.90. The summed E-state index contributed by atoms with van der Waals surface area (Å²) in [6.07, 6.45) is 2.85. The molecule has 8 heteroatoms. The fourth-order valence-electron chi connectivity index (χ4n) is 3.01. The van der Waals surface area contributed by atoms with Crippen molar-refractivity contribution in [2.24, 2.45) is 0 Å². The molecule has 0 radical (unpaired) electrons. The van der Waals surface area contributed by atoms with Gasteiger partial charge in [-0.3, -0.25) is 9.59 Å². The molecule has 6 nitrogen and oxygen atoms in total. The van der Waals surface area contributed by atoms with Gasteiger partial charge in [-0.2, -0.15) is 0 Å². The highest BCUT2D eigenvalue weighted by molar-refractivity contribution is 6.05. The van der Waals surface area contributed by atoms with Crippen LogP contribution in [0.5, 0.6) is 0 Å². The van der Waals surface area contributed by atoms with Crippen molar-refractivity contribution < 1.29 is 18.4 Å². The largest absolute Gasteiger partial charge is 0.348 e. The predicted octanol–water partition coefficient (Wildman–Crippen LogP) is 3.22. The van der Waals surface area contributed by atoms with E-state index < -0.39 is 17.5 Å². The molecule has 1 aromatic carbocycles. The van der Waals surface area contributed by atoms with Gasteiger partial charge in [0.15, 0.2) is 0 Å². The summed E-state index contributed by atoms with van der Waals surface area (Å²) >= 11 is 0. The number of fused-ring (bicyclic) bond motifs is 1. The topological polar surface area (TPSA) is 78.1 Å². The number of aromatic nitrogens is 2. The maximum atomic E-state index is 13.7. The van der Waals surface area contributed by atoms with Crippen molar-refractivity contribution in [1.82, 2.24) is 9.97 Å². The van der Waals surface area contributed by atoms with Crippen molar-refractivity contribution in [1.29, 1.82) is 0 Å². The molecule has 3 heterocycles. The number of nitrogens with zero attached hydrogens (tertiary/aromatic N) is 2. The second kappa shape index (κ2) is 6.21. The van der Waals surface area contributed by atoms with Gasteiger partial charge in [-0.05, 0) is 30.7 Å². The second-order valence-electron chi connectivity index (χ2n) is 6.04. The number of nitrogens with one attached hydrogen (secondary N) is 2. The van der Waals surface area contributed by atoms with Gasteiger partial charge in [-0.1, -0.05) is 0 Å². The van der Waals surface area contributed by atoms with Crippen LogP contribution in [0, 0.1) is 11.6 Å². The summed E-state index contributed by atoms with van der Waals surface area (Å²) in [6, 6.07) is 6.55. The Morgan fingerprint density at radius 2 is 2.08 bits per heavy atom. The SMILES string of the molecule is O=C(Nc1ccc(N2CCCC2=O)cn1)c1cc2cc(F)cc(F)c2[nH]1. The number of hydrogen-bond acceptors (Lipinski definition) is 3. The molecule has 0 saturated carbocycles. The summed E-state index contributed by atoms with van der Waals surface area (Å²) in [4.78, 5) is 32.5. The van der Waals surface area contributed by atoms with Crippen LogP contribution in [0.25, 0.3) is 10.9 Å². The highest BCUT2D eigenvalue weighted by atomic mass is 19.1. The summed E-state index contributed by atoms with van der Waals surface area (Å²) in [5, 5.41) is 2.85. The summed E-state index contributed by atoms with van der Waals surface area (Å²) in [5.74, 6) is -1.67. The van der Waals surface area contributed by atoms with Crippen LogP contribution >= 0.6 is 0 Å². The van der Waals surface area contributed by atoms with Crippen molar-refractivity contribution in [3.63, 3.8) is 0 Å². The molecule has 4 rings (SSSR count). The Labute approximate surface area is 146 Å². The van der Waals surface area contributed by atoms with E-state index in [1.807, 2.05) is 0 Å². The standard InChI is InChI=1S/C18H14F2N4O2/c19-11-6-10-7-14(22-17(10)13(20)8-11)18(26)23-15-4-3-12(9-21-15)24-5-1-2-16(24)25/h3-4,6-9,22H,1-2,5H2,(H,21,23,26). The van der Waals surface area contributed by atoms with Crippen molar-refractivity contribution in [3.05, 3.63) is 53.9 Å². The molecule has 132 valence electrons. The minimum absolute atomic E-state index is 0.0518. The molecule has 2 aromatic heterocycles. The number of amides is 2. The summed E-state index contributed by atoms with van der Waals surface area (Å²) in [7, 11) is 0.